The van der Waals surface area contributed by atoms with Gasteiger partial charge in [0.05, 0.1) is 3.79 Å². The maximum atomic E-state index is 4.10. The van der Waals surface area contributed by atoms with Crippen LogP contribution in [0.25, 0.3) is 11.4 Å². The van der Waals surface area contributed by atoms with Crippen LogP contribution in [0.3, 0.4) is 0 Å². The fourth-order valence-corrected chi connectivity index (χ4v) is 3.13. The lowest BCUT2D eigenvalue weighted by Gasteiger charge is -2.06. The first kappa shape index (κ1) is 13.3. The molecular formula is C14H13BrN4S. The average molecular weight is 349 g/mol. The van der Waals surface area contributed by atoms with Gasteiger partial charge in [-0.05, 0) is 57.2 Å². The van der Waals surface area contributed by atoms with Crippen LogP contribution in [-0.2, 0) is 13.6 Å². The molecule has 1 aromatic carbocycles. The predicted octanol–water partition coefficient (Wildman–Crippen LogP) is 3.92. The van der Waals surface area contributed by atoms with E-state index in [0.717, 1.165) is 27.4 Å². The van der Waals surface area contributed by atoms with Gasteiger partial charge < -0.3 is 9.88 Å². The van der Waals surface area contributed by atoms with Gasteiger partial charge in [0.1, 0.15) is 6.33 Å². The third-order valence-corrected chi connectivity index (χ3v) is 4.53. The zero-order chi connectivity index (χ0) is 13.9. The molecule has 0 aliphatic rings. The number of anilines is 1. The Hall–Kier alpha value is -1.66. The molecule has 3 aromatic rings. The van der Waals surface area contributed by atoms with Gasteiger partial charge >= 0.3 is 0 Å². The zero-order valence-electron chi connectivity index (χ0n) is 10.9. The molecule has 0 unspecified atom stereocenters. The molecule has 0 saturated heterocycles. The minimum absolute atomic E-state index is 0.825. The van der Waals surface area contributed by atoms with Gasteiger partial charge in [-0.25, -0.2) is 0 Å². The van der Waals surface area contributed by atoms with E-state index in [1.54, 1.807) is 17.7 Å². The maximum Gasteiger partial charge on any atom is 0.163 e. The van der Waals surface area contributed by atoms with E-state index < -0.39 is 0 Å². The number of nitrogens with zero attached hydrogens (tertiary/aromatic N) is 3. The standard InChI is InChI=1S/C14H13BrN4S/c1-19-9-17-18-14(19)11-2-4-12(5-3-11)16-7-10-6-13(15)20-8-10/h2-6,8-9,16H,7H2,1H3. The summed E-state index contributed by atoms with van der Waals surface area (Å²) in [5.41, 5.74) is 3.44. The van der Waals surface area contributed by atoms with Crippen LogP contribution in [0, 0.1) is 0 Å². The lowest BCUT2D eigenvalue weighted by atomic mass is 10.2. The fourth-order valence-electron chi connectivity index (χ4n) is 1.92. The SMILES string of the molecule is Cn1cnnc1-c1ccc(NCc2csc(Br)c2)cc1. The van der Waals surface area contributed by atoms with E-state index in [2.05, 4.69) is 67.2 Å². The van der Waals surface area contributed by atoms with Gasteiger partial charge in [0.15, 0.2) is 5.82 Å². The first-order valence-electron chi connectivity index (χ1n) is 6.13. The largest absolute Gasteiger partial charge is 0.381 e. The van der Waals surface area contributed by atoms with Gasteiger partial charge in [-0.15, -0.1) is 21.5 Å². The van der Waals surface area contributed by atoms with Crippen molar-refractivity contribution in [3.8, 4) is 11.4 Å². The lowest BCUT2D eigenvalue weighted by molar-refractivity contribution is 0.920. The number of hydrogen-bond acceptors (Lipinski definition) is 4. The molecule has 0 aliphatic carbocycles. The molecule has 1 N–H and O–H groups in total. The Labute approximate surface area is 129 Å². The Morgan fingerprint density at radius 2 is 2.10 bits per heavy atom. The minimum atomic E-state index is 0.825. The van der Waals surface area contributed by atoms with Gasteiger partial charge in [0.2, 0.25) is 0 Å². The molecule has 0 spiro atoms. The van der Waals surface area contributed by atoms with Gasteiger partial charge in [0.25, 0.3) is 0 Å². The van der Waals surface area contributed by atoms with Crippen molar-refractivity contribution >= 4 is 33.0 Å². The second-order valence-electron chi connectivity index (χ2n) is 4.46. The Bertz CT molecular complexity index is 702. The fraction of sp³-hybridized carbons (Fsp3) is 0.143. The highest BCUT2D eigenvalue weighted by atomic mass is 79.9. The molecule has 2 heterocycles. The number of thiophene rings is 1. The second-order valence-corrected chi connectivity index (χ2v) is 6.75. The van der Waals surface area contributed by atoms with E-state index in [1.165, 1.54) is 5.56 Å². The molecule has 0 saturated carbocycles. The molecule has 3 rings (SSSR count). The summed E-state index contributed by atoms with van der Waals surface area (Å²) >= 11 is 5.17. The normalized spacial score (nSPS) is 10.7. The molecule has 102 valence electrons. The number of halogens is 1. The Morgan fingerprint density at radius 1 is 1.30 bits per heavy atom. The Morgan fingerprint density at radius 3 is 2.70 bits per heavy atom. The summed E-state index contributed by atoms with van der Waals surface area (Å²) in [4.78, 5) is 0. The molecule has 6 heteroatoms. The summed E-state index contributed by atoms with van der Waals surface area (Å²) in [6.07, 6.45) is 1.70. The minimum Gasteiger partial charge on any atom is -0.381 e. The van der Waals surface area contributed by atoms with Crippen LogP contribution < -0.4 is 5.32 Å². The van der Waals surface area contributed by atoms with Gasteiger partial charge in [-0.3, -0.25) is 0 Å². The van der Waals surface area contributed by atoms with Crippen LogP contribution >= 0.6 is 27.3 Å². The van der Waals surface area contributed by atoms with Crippen LogP contribution in [0.4, 0.5) is 5.69 Å². The third-order valence-electron chi connectivity index (χ3n) is 2.97. The Kier molecular flexibility index (Phi) is 3.84. The number of benzene rings is 1. The molecule has 0 fully saturated rings. The van der Waals surface area contributed by atoms with E-state index in [9.17, 15) is 0 Å². The average Bonchev–Trinajstić information content (AvgIpc) is 3.06. The number of aryl methyl sites for hydroxylation is 1. The van der Waals surface area contributed by atoms with Crippen LogP contribution in [0.15, 0.2) is 45.8 Å². The van der Waals surface area contributed by atoms with Crippen molar-refractivity contribution < 1.29 is 0 Å². The number of aromatic nitrogens is 3. The summed E-state index contributed by atoms with van der Waals surface area (Å²) < 4.78 is 3.07. The van der Waals surface area contributed by atoms with Crippen molar-refractivity contribution in [1.82, 2.24) is 14.8 Å². The first-order valence-corrected chi connectivity index (χ1v) is 7.81. The highest BCUT2D eigenvalue weighted by Gasteiger charge is 2.04. The van der Waals surface area contributed by atoms with Crippen molar-refractivity contribution in [2.75, 3.05) is 5.32 Å². The van der Waals surface area contributed by atoms with Crippen molar-refractivity contribution in [1.29, 1.82) is 0 Å². The highest BCUT2D eigenvalue weighted by molar-refractivity contribution is 9.11. The molecule has 0 atom stereocenters. The molecule has 20 heavy (non-hydrogen) atoms. The van der Waals surface area contributed by atoms with E-state index in [-0.39, 0.29) is 0 Å². The van der Waals surface area contributed by atoms with E-state index in [1.807, 2.05) is 11.6 Å². The Balaban J connectivity index is 1.69. The van der Waals surface area contributed by atoms with Gasteiger partial charge in [-0.1, -0.05) is 0 Å². The van der Waals surface area contributed by atoms with Gasteiger partial charge in [0, 0.05) is 24.8 Å². The van der Waals surface area contributed by atoms with Crippen LogP contribution in [-0.4, -0.2) is 14.8 Å². The molecule has 0 bridgehead atoms. The molecule has 0 radical (unpaired) electrons. The summed E-state index contributed by atoms with van der Waals surface area (Å²) in [6.45, 7) is 0.825. The topological polar surface area (TPSA) is 42.7 Å². The summed E-state index contributed by atoms with van der Waals surface area (Å²) in [5, 5.41) is 13.5. The second kappa shape index (κ2) is 5.76. The lowest BCUT2D eigenvalue weighted by Crippen LogP contribution is -1.98. The number of nitrogens with one attached hydrogen (secondary N) is 1. The predicted molar refractivity (Wildman–Crippen MR) is 85.8 cm³/mol. The van der Waals surface area contributed by atoms with E-state index >= 15 is 0 Å². The maximum absolute atomic E-state index is 4.10. The molecule has 4 nitrogen and oxygen atoms in total. The monoisotopic (exact) mass is 348 g/mol. The first-order chi connectivity index (χ1) is 9.72. The summed E-state index contributed by atoms with van der Waals surface area (Å²) in [6, 6.07) is 10.4. The van der Waals surface area contributed by atoms with Crippen LogP contribution in [0.2, 0.25) is 0 Å². The van der Waals surface area contributed by atoms with Crippen molar-refractivity contribution in [3.05, 3.63) is 51.4 Å². The van der Waals surface area contributed by atoms with Gasteiger partial charge in [-0.2, -0.15) is 0 Å². The summed E-state index contributed by atoms with van der Waals surface area (Å²) in [7, 11) is 1.94. The number of rotatable bonds is 4. The molecule has 0 amide bonds. The van der Waals surface area contributed by atoms with Crippen LogP contribution in [0.5, 0.6) is 0 Å². The summed E-state index contributed by atoms with van der Waals surface area (Å²) in [5.74, 6) is 0.873. The van der Waals surface area contributed by atoms with Crippen molar-refractivity contribution in [2.24, 2.45) is 7.05 Å². The molecule has 0 aliphatic heterocycles. The van der Waals surface area contributed by atoms with E-state index in [4.69, 9.17) is 0 Å². The zero-order valence-corrected chi connectivity index (χ0v) is 13.3. The highest BCUT2D eigenvalue weighted by Crippen LogP contribution is 2.22. The molecular weight excluding hydrogens is 336 g/mol. The van der Waals surface area contributed by atoms with Crippen molar-refractivity contribution in [2.45, 2.75) is 6.54 Å². The van der Waals surface area contributed by atoms with Crippen molar-refractivity contribution in [3.63, 3.8) is 0 Å². The quantitative estimate of drug-likeness (QED) is 0.776. The van der Waals surface area contributed by atoms with E-state index in [0.29, 0.717) is 0 Å². The number of hydrogen-bond donors (Lipinski definition) is 1. The molecule has 2 aromatic heterocycles. The van der Waals surface area contributed by atoms with Crippen LogP contribution in [0.1, 0.15) is 5.56 Å². The third kappa shape index (κ3) is 2.91. The smallest absolute Gasteiger partial charge is 0.163 e.